The van der Waals surface area contributed by atoms with Crippen molar-refractivity contribution in [1.82, 2.24) is 14.5 Å². The minimum absolute atomic E-state index is 0.0396. The molecule has 0 bridgehead atoms. The van der Waals surface area contributed by atoms with Gasteiger partial charge in [-0.25, -0.2) is 4.98 Å². The summed E-state index contributed by atoms with van der Waals surface area (Å²) in [6.45, 7) is 9.44. The maximum Gasteiger partial charge on any atom is 0.261 e. The summed E-state index contributed by atoms with van der Waals surface area (Å²) in [5.41, 5.74) is 1.56. The number of aromatic nitrogens is 2. The van der Waals surface area contributed by atoms with E-state index in [0.717, 1.165) is 17.7 Å². The lowest BCUT2D eigenvalue weighted by atomic mass is 10.0. The fourth-order valence-electron chi connectivity index (χ4n) is 4.16. The summed E-state index contributed by atoms with van der Waals surface area (Å²) < 4.78 is 6.96. The maximum absolute atomic E-state index is 13.6. The lowest BCUT2D eigenvalue weighted by Crippen LogP contribution is -2.40. The number of nitrogens with zero attached hydrogens (tertiary/aromatic N) is 3. The molecule has 0 saturated carbocycles. The molecule has 0 spiro atoms. The highest BCUT2D eigenvalue weighted by atomic mass is 16.5. The first-order valence-corrected chi connectivity index (χ1v) is 11.8. The molecule has 176 valence electrons. The van der Waals surface area contributed by atoms with Crippen LogP contribution in [-0.4, -0.2) is 34.0 Å². The van der Waals surface area contributed by atoms with Crippen LogP contribution in [0.3, 0.4) is 0 Å². The van der Waals surface area contributed by atoms with E-state index < -0.39 is 0 Å². The first-order chi connectivity index (χ1) is 15.9. The Morgan fingerprint density at radius 2 is 1.79 bits per heavy atom. The second-order valence-electron chi connectivity index (χ2n) is 8.76. The average Bonchev–Trinajstić information content (AvgIpc) is 2.82. The van der Waals surface area contributed by atoms with Gasteiger partial charge in [0.15, 0.2) is 0 Å². The molecule has 2 aromatic carbocycles. The minimum atomic E-state index is -0.272. The zero-order valence-electron chi connectivity index (χ0n) is 20.4. The molecule has 0 radical (unpaired) electrons. The molecule has 3 rings (SSSR count). The van der Waals surface area contributed by atoms with Crippen molar-refractivity contribution in [3.05, 3.63) is 70.3 Å². The van der Waals surface area contributed by atoms with Gasteiger partial charge in [0, 0.05) is 13.1 Å². The van der Waals surface area contributed by atoms with Gasteiger partial charge in [-0.3, -0.25) is 14.2 Å². The molecule has 33 heavy (non-hydrogen) atoms. The van der Waals surface area contributed by atoms with Gasteiger partial charge in [-0.2, -0.15) is 0 Å². The van der Waals surface area contributed by atoms with Crippen LogP contribution in [0.25, 0.3) is 10.9 Å². The molecule has 0 N–H and O–H groups in total. The number of carbonyl (C=O) groups is 1. The summed E-state index contributed by atoms with van der Waals surface area (Å²) in [5.74, 6) is 1.92. The molecule has 0 saturated heterocycles. The van der Waals surface area contributed by atoms with Gasteiger partial charge >= 0.3 is 0 Å². The fourth-order valence-corrected chi connectivity index (χ4v) is 4.16. The molecule has 1 aromatic heterocycles. The Hall–Kier alpha value is -3.15. The highest BCUT2D eigenvalue weighted by Gasteiger charge is 2.28. The van der Waals surface area contributed by atoms with Crippen LogP contribution >= 0.6 is 0 Å². The maximum atomic E-state index is 13.6. The SMILES string of the molecule is CCC(c1nc2ccccc2c(=O)n1CC)N(CCC(C)C)C(=O)Cc1ccc(OC)cc1. The second-order valence-corrected chi connectivity index (χ2v) is 8.76. The molecule has 6 nitrogen and oxygen atoms in total. The lowest BCUT2D eigenvalue weighted by molar-refractivity contribution is -0.133. The molecule has 3 aromatic rings. The number of ether oxygens (including phenoxy) is 1. The highest BCUT2D eigenvalue weighted by Crippen LogP contribution is 2.26. The third kappa shape index (κ3) is 5.62. The highest BCUT2D eigenvalue weighted by molar-refractivity contribution is 5.80. The molecule has 6 heteroatoms. The van der Waals surface area contributed by atoms with Gasteiger partial charge in [0.05, 0.1) is 30.5 Å². The van der Waals surface area contributed by atoms with Gasteiger partial charge < -0.3 is 9.64 Å². The van der Waals surface area contributed by atoms with E-state index in [0.29, 0.717) is 48.6 Å². The van der Waals surface area contributed by atoms with Crippen LogP contribution in [0.15, 0.2) is 53.3 Å². The van der Waals surface area contributed by atoms with Crippen molar-refractivity contribution in [2.75, 3.05) is 13.7 Å². The smallest absolute Gasteiger partial charge is 0.261 e. The third-order valence-electron chi connectivity index (χ3n) is 6.05. The van der Waals surface area contributed by atoms with Gasteiger partial charge in [0.25, 0.3) is 5.56 Å². The normalized spacial score (nSPS) is 12.2. The summed E-state index contributed by atoms with van der Waals surface area (Å²) in [6.07, 6.45) is 1.86. The first-order valence-electron chi connectivity index (χ1n) is 11.8. The van der Waals surface area contributed by atoms with Gasteiger partial charge in [0.2, 0.25) is 5.91 Å². The Morgan fingerprint density at radius 3 is 2.39 bits per heavy atom. The van der Waals surface area contributed by atoms with Crippen LogP contribution in [0.2, 0.25) is 0 Å². The molecule has 0 aliphatic heterocycles. The Morgan fingerprint density at radius 1 is 1.09 bits per heavy atom. The predicted molar refractivity (Wildman–Crippen MR) is 133 cm³/mol. The number of benzene rings is 2. The molecular weight excluding hydrogens is 414 g/mol. The molecule has 0 fully saturated rings. The number of methoxy groups -OCH3 is 1. The van der Waals surface area contributed by atoms with Gasteiger partial charge in [-0.05, 0) is 55.5 Å². The summed E-state index contributed by atoms with van der Waals surface area (Å²) in [6, 6.07) is 14.7. The molecule has 1 amide bonds. The predicted octanol–water partition coefficient (Wildman–Crippen LogP) is 4.99. The number of fused-ring (bicyclic) bond motifs is 1. The minimum Gasteiger partial charge on any atom is -0.497 e. The van der Waals surface area contributed by atoms with Crippen molar-refractivity contribution < 1.29 is 9.53 Å². The largest absolute Gasteiger partial charge is 0.497 e. The van der Waals surface area contributed by atoms with Crippen LogP contribution in [0.4, 0.5) is 0 Å². The number of carbonyl (C=O) groups excluding carboxylic acids is 1. The molecule has 1 heterocycles. The molecule has 1 unspecified atom stereocenters. The van der Waals surface area contributed by atoms with Crippen molar-refractivity contribution in [2.24, 2.45) is 5.92 Å². The summed E-state index contributed by atoms with van der Waals surface area (Å²) in [4.78, 5) is 33.6. The second kappa shape index (κ2) is 11.1. The van der Waals surface area contributed by atoms with E-state index in [2.05, 4.69) is 20.8 Å². The van der Waals surface area contributed by atoms with Crippen molar-refractivity contribution in [3.63, 3.8) is 0 Å². The van der Waals surface area contributed by atoms with E-state index in [1.165, 1.54) is 0 Å². The summed E-state index contributed by atoms with van der Waals surface area (Å²) in [5, 5.41) is 0.608. The standard InChI is InChI=1S/C27H35N3O3/c1-6-24(26-28-23-11-9-8-10-22(23)27(32)29(26)7-2)30(17-16-19(3)4)25(31)18-20-12-14-21(33-5)15-13-20/h8-15,19,24H,6-7,16-18H2,1-5H3. The number of para-hydroxylation sites is 1. The van der Waals surface area contributed by atoms with E-state index in [-0.39, 0.29) is 17.5 Å². The molecule has 0 aliphatic carbocycles. The molecule has 0 aliphatic rings. The van der Waals surface area contributed by atoms with Crippen molar-refractivity contribution >= 4 is 16.8 Å². The number of hydrogen-bond donors (Lipinski definition) is 0. The topological polar surface area (TPSA) is 64.4 Å². The Labute approximate surface area is 196 Å². The van der Waals surface area contributed by atoms with E-state index in [1.807, 2.05) is 60.4 Å². The zero-order chi connectivity index (χ0) is 24.0. The van der Waals surface area contributed by atoms with Crippen LogP contribution in [0.5, 0.6) is 5.75 Å². The zero-order valence-corrected chi connectivity index (χ0v) is 20.4. The summed E-state index contributed by atoms with van der Waals surface area (Å²) >= 11 is 0. The Bertz CT molecular complexity index is 1140. The Balaban J connectivity index is 2.02. The molecular formula is C27H35N3O3. The monoisotopic (exact) mass is 449 g/mol. The van der Waals surface area contributed by atoms with Crippen molar-refractivity contribution in [3.8, 4) is 5.75 Å². The summed E-state index contributed by atoms with van der Waals surface area (Å²) in [7, 11) is 1.63. The third-order valence-corrected chi connectivity index (χ3v) is 6.05. The first kappa shape index (κ1) is 24.5. The van der Waals surface area contributed by atoms with Crippen LogP contribution in [-0.2, 0) is 17.8 Å². The van der Waals surface area contributed by atoms with Gasteiger partial charge in [0.1, 0.15) is 11.6 Å². The van der Waals surface area contributed by atoms with E-state index in [1.54, 1.807) is 11.7 Å². The number of amides is 1. The van der Waals surface area contributed by atoms with Crippen molar-refractivity contribution in [2.45, 2.75) is 59.5 Å². The van der Waals surface area contributed by atoms with Crippen LogP contribution < -0.4 is 10.3 Å². The van der Waals surface area contributed by atoms with E-state index in [4.69, 9.17) is 9.72 Å². The van der Waals surface area contributed by atoms with Crippen LogP contribution in [0.1, 0.15) is 58.0 Å². The fraction of sp³-hybridized carbons (Fsp3) is 0.444. The number of hydrogen-bond acceptors (Lipinski definition) is 4. The Kier molecular flexibility index (Phi) is 8.26. The quantitative estimate of drug-likeness (QED) is 0.437. The number of rotatable bonds is 10. The van der Waals surface area contributed by atoms with Crippen molar-refractivity contribution in [1.29, 1.82) is 0 Å². The van der Waals surface area contributed by atoms with E-state index in [9.17, 15) is 9.59 Å². The van der Waals surface area contributed by atoms with E-state index >= 15 is 0 Å². The molecule has 1 atom stereocenters. The average molecular weight is 450 g/mol. The van der Waals surface area contributed by atoms with Gasteiger partial charge in [-0.15, -0.1) is 0 Å². The van der Waals surface area contributed by atoms with Crippen LogP contribution in [0, 0.1) is 5.92 Å². The van der Waals surface area contributed by atoms with Gasteiger partial charge in [-0.1, -0.05) is 45.0 Å². The lowest BCUT2D eigenvalue weighted by Gasteiger charge is -2.33.